The van der Waals surface area contributed by atoms with Crippen LogP contribution in [-0.4, -0.2) is 30.2 Å². The minimum absolute atomic E-state index is 0.0336. The van der Waals surface area contributed by atoms with Gasteiger partial charge in [0.2, 0.25) is 0 Å². The second-order valence-electron chi connectivity index (χ2n) is 9.61. The van der Waals surface area contributed by atoms with Crippen LogP contribution < -0.4 is 0 Å². The Kier molecular flexibility index (Phi) is 4.45. The molecule has 0 aliphatic heterocycles. The van der Waals surface area contributed by atoms with E-state index >= 15 is 0 Å². The quantitative estimate of drug-likeness (QED) is 0.821. The van der Waals surface area contributed by atoms with Crippen molar-refractivity contribution in [3.05, 3.63) is 0 Å². The van der Waals surface area contributed by atoms with Crippen molar-refractivity contribution in [1.29, 1.82) is 0 Å². The summed E-state index contributed by atoms with van der Waals surface area (Å²) in [5, 5.41) is 11.3. The van der Waals surface area contributed by atoms with Gasteiger partial charge >= 0.3 is 0 Å². The zero-order valence-electron chi connectivity index (χ0n) is 16.4. The van der Waals surface area contributed by atoms with Gasteiger partial charge in [-0.2, -0.15) is 0 Å². The molecule has 8 unspecified atom stereocenters. The topological polar surface area (TPSA) is 46.5 Å². The fourth-order valence-corrected chi connectivity index (χ4v) is 6.88. The first-order valence-electron chi connectivity index (χ1n) is 9.91. The molecule has 0 heterocycles. The van der Waals surface area contributed by atoms with Gasteiger partial charge in [0.15, 0.2) is 0 Å². The van der Waals surface area contributed by atoms with E-state index in [1.165, 1.54) is 0 Å². The van der Waals surface area contributed by atoms with E-state index in [-0.39, 0.29) is 40.3 Å². The fraction of sp³-hybridized carbons (Fsp3) is 0.952. The third-order valence-electron chi connectivity index (χ3n) is 8.99. The number of hydrogen-bond donors (Lipinski definition) is 1. The lowest BCUT2D eigenvalue weighted by Gasteiger charge is -2.62. The molecule has 1 N–H and O–H groups in total. The summed E-state index contributed by atoms with van der Waals surface area (Å²) in [6, 6.07) is 0. The Bertz CT molecular complexity index is 517. The van der Waals surface area contributed by atoms with Gasteiger partial charge in [-0.25, -0.2) is 0 Å². The van der Waals surface area contributed by atoms with Crippen molar-refractivity contribution in [1.82, 2.24) is 0 Å². The van der Waals surface area contributed by atoms with Crippen molar-refractivity contribution in [2.24, 2.45) is 34.0 Å². The fourth-order valence-electron chi connectivity index (χ4n) is 6.88. The third-order valence-corrected chi connectivity index (χ3v) is 8.99. The van der Waals surface area contributed by atoms with Gasteiger partial charge in [-0.3, -0.25) is 4.79 Å². The van der Waals surface area contributed by atoms with Crippen molar-refractivity contribution in [3.63, 3.8) is 0 Å². The van der Waals surface area contributed by atoms with Crippen LogP contribution in [0.3, 0.4) is 0 Å². The Morgan fingerprint density at radius 2 is 1.92 bits per heavy atom. The monoisotopic (exact) mass is 336 g/mol. The Labute approximate surface area is 147 Å². The number of aliphatic hydroxyl groups is 1. The molecule has 3 rings (SSSR count). The van der Waals surface area contributed by atoms with Gasteiger partial charge in [-0.05, 0) is 54.8 Å². The number of carbonyl (C=O) groups is 1. The van der Waals surface area contributed by atoms with E-state index in [1.54, 1.807) is 7.11 Å². The standard InChI is InChI=1S/C21H36O3/c1-7-19(4)12-16(24-6)20(5)13(2)8-10-21(14(3)18(19)23)11-9-15(22)17(20)21/h13-14,16-18,23H,7-12H2,1-6H3. The number of Topliss-reactive ketones (excluding diaryl/α,β-unsaturated/α-hetero) is 1. The number of ether oxygens (including phenoxy) is 1. The lowest BCUT2D eigenvalue weighted by atomic mass is 9.43. The predicted molar refractivity (Wildman–Crippen MR) is 95.7 cm³/mol. The molecule has 3 aliphatic carbocycles. The molecule has 3 heteroatoms. The average Bonchev–Trinajstić information content (AvgIpc) is 2.92. The van der Waals surface area contributed by atoms with Crippen LogP contribution in [0.4, 0.5) is 0 Å². The SMILES string of the molecule is CCC1(C)CC(OC)C2(C)C(C)CCC3(CCC(=O)C32)C(C)C1O. The predicted octanol–water partition coefficient (Wildman–Crippen LogP) is 4.22. The summed E-state index contributed by atoms with van der Waals surface area (Å²) in [7, 11) is 1.80. The maximum Gasteiger partial charge on any atom is 0.137 e. The summed E-state index contributed by atoms with van der Waals surface area (Å²) in [6.07, 6.45) is 5.30. The zero-order valence-corrected chi connectivity index (χ0v) is 16.4. The van der Waals surface area contributed by atoms with Crippen molar-refractivity contribution in [3.8, 4) is 0 Å². The minimum atomic E-state index is -0.369. The van der Waals surface area contributed by atoms with Gasteiger partial charge in [-0.15, -0.1) is 0 Å². The lowest BCUT2D eigenvalue weighted by Crippen LogP contribution is -2.62. The highest BCUT2D eigenvalue weighted by atomic mass is 16.5. The molecule has 0 amide bonds. The van der Waals surface area contributed by atoms with Crippen LogP contribution in [0.5, 0.6) is 0 Å². The molecule has 0 aromatic carbocycles. The smallest absolute Gasteiger partial charge is 0.137 e. The summed E-state index contributed by atoms with van der Waals surface area (Å²) < 4.78 is 6.06. The largest absolute Gasteiger partial charge is 0.392 e. The molecule has 3 aliphatic rings. The number of aliphatic hydroxyl groups excluding tert-OH is 1. The highest BCUT2D eigenvalue weighted by Gasteiger charge is 2.67. The molecule has 0 aromatic rings. The molecule has 0 saturated heterocycles. The molecule has 138 valence electrons. The second kappa shape index (κ2) is 5.81. The van der Waals surface area contributed by atoms with Crippen LogP contribution in [0.2, 0.25) is 0 Å². The van der Waals surface area contributed by atoms with Crippen molar-refractivity contribution in [2.45, 2.75) is 85.4 Å². The molecular formula is C21H36O3. The summed E-state index contributed by atoms with van der Waals surface area (Å²) in [6.45, 7) is 11.2. The summed E-state index contributed by atoms with van der Waals surface area (Å²) in [5.41, 5.74) is -0.307. The maximum atomic E-state index is 13.0. The van der Waals surface area contributed by atoms with Gasteiger partial charge < -0.3 is 9.84 Å². The Morgan fingerprint density at radius 1 is 1.25 bits per heavy atom. The molecule has 0 spiro atoms. The summed E-state index contributed by atoms with van der Waals surface area (Å²) in [5.74, 6) is 1.12. The Balaban J connectivity index is 2.21. The number of carbonyl (C=O) groups excluding carboxylic acids is 1. The van der Waals surface area contributed by atoms with E-state index in [4.69, 9.17) is 4.74 Å². The summed E-state index contributed by atoms with van der Waals surface area (Å²) >= 11 is 0. The molecule has 2 bridgehead atoms. The van der Waals surface area contributed by atoms with Gasteiger partial charge in [0, 0.05) is 24.9 Å². The van der Waals surface area contributed by atoms with Crippen molar-refractivity contribution < 1.29 is 14.6 Å². The lowest BCUT2D eigenvalue weighted by molar-refractivity contribution is -0.204. The Hall–Kier alpha value is -0.410. The van der Waals surface area contributed by atoms with Gasteiger partial charge in [0.1, 0.15) is 5.78 Å². The maximum absolute atomic E-state index is 13.0. The second-order valence-corrected chi connectivity index (χ2v) is 9.61. The molecule has 0 radical (unpaired) electrons. The van der Waals surface area contributed by atoms with E-state index in [0.29, 0.717) is 18.1 Å². The Morgan fingerprint density at radius 3 is 2.50 bits per heavy atom. The van der Waals surface area contributed by atoms with Crippen LogP contribution in [0, 0.1) is 34.0 Å². The molecule has 0 aromatic heterocycles. The highest BCUT2D eigenvalue weighted by Crippen LogP contribution is 2.68. The van der Waals surface area contributed by atoms with E-state index in [0.717, 1.165) is 32.1 Å². The van der Waals surface area contributed by atoms with Crippen LogP contribution in [0.15, 0.2) is 0 Å². The van der Waals surface area contributed by atoms with E-state index in [9.17, 15) is 9.90 Å². The minimum Gasteiger partial charge on any atom is -0.392 e. The molecular weight excluding hydrogens is 300 g/mol. The molecule has 3 fully saturated rings. The molecule has 24 heavy (non-hydrogen) atoms. The van der Waals surface area contributed by atoms with Crippen LogP contribution in [-0.2, 0) is 9.53 Å². The van der Waals surface area contributed by atoms with E-state index < -0.39 is 0 Å². The van der Waals surface area contributed by atoms with Crippen molar-refractivity contribution >= 4 is 5.78 Å². The van der Waals surface area contributed by atoms with Crippen molar-refractivity contribution in [2.75, 3.05) is 7.11 Å². The van der Waals surface area contributed by atoms with E-state index in [1.807, 2.05) is 0 Å². The molecule has 8 atom stereocenters. The third kappa shape index (κ3) is 2.13. The van der Waals surface area contributed by atoms with Gasteiger partial charge in [-0.1, -0.05) is 34.6 Å². The van der Waals surface area contributed by atoms with Crippen LogP contribution >= 0.6 is 0 Å². The number of methoxy groups -OCH3 is 1. The molecule has 3 saturated carbocycles. The van der Waals surface area contributed by atoms with Gasteiger partial charge in [0.25, 0.3) is 0 Å². The average molecular weight is 337 g/mol. The van der Waals surface area contributed by atoms with Gasteiger partial charge in [0.05, 0.1) is 12.2 Å². The first-order valence-corrected chi connectivity index (χ1v) is 9.91. The highest BCUT2D eigenvalue weighted by molar-refractivity contribution is 5.85. The van der Waals surface area contributed by atoms with Crippen LogP contribution in [0.25, 0.3) is 0 Å². The summed E-state index contributed by atoms with van der Waals surface area (Å²) in [4.78, 5) is 13.0. The first kappa shape index (κ1) is 18.4. The number of rotatable bonds is 2. The zero-order chi connectivity index (χ0) is 17.9. The first-order chi connectivity index (χ1) is 11.2. The number of ketones is 1. The van der Waals surface area contributed by atoms with E-state index in [2.05, 4.69) is 34.6 Å². The molecule has 3 nitrogen and oxygen atoms in total. The normalized spacial score (nSPS) is 55.0. The number of hydrogen-bond acceptors (Lipinski definition) is 3. The van der Waals surface area contributed by atoms with Crippen LogP contribution in [0.1, 0.15) is 73.1 Å².